The predicted octanol–water partition coefficient (Wildman–Crippen LogP) is 5.87. The average Bonchev–Trinajstić information content (AvgIpc) is 2.99. The van der Waals surface area contributed by atoms with E-state index in [2.05, 4.69) is 40.8 Å². The minimum absolute atomic E-state index is 0.249. The van der Waals surface area contributed by atoms with Crippen LogP contribution in [0.15, 0.2) is 58.8 Å². The Morgan fingerprint density at radius 2 is 1.59 bits per heavy atom. The van der Waals surface area contributed by atoms with Crippen LogP contribution in [0, 0.1) is 20.8 Å². The van der Waals surface area contributed by atoms with Gasteiger partial charge in [0.1, 0.15) is 0 Å². The lowest BCUT2D eigenvalue weighted by atomic mass is 9.98. The minimum atomic E-state index is -0.961. The van der Waals surface area contributed by atoms with Crippen LogP contribution in [0.5, 0.6) is 0 Å². The number of hydrogen-bond acceptors (Lipinski definition) is 3. The quantitative estimate of drug-likeness (QED) is 0.577. The topological polar surface area (TPSA) is 67.0 Å². The summed E-state index contributed by atoms with van der Waals surface area (Å²) in [7, 11) is 0. The van der Waals surface area contributed by atoms with Crippen LogP contribution in [0.2, 0.25) is 0 Å². The predicted molar refractivity (Wildman–Crippen MR) is 107 cm³/mol. The van der Waals surface area contributed by atoms with Gasteiger partial charge in [0.25, 0.3) is 0 Å². The van der Waals surface area contributed by atoms with Crippen molar-refractivity contribution in [1.29, 1.82) is 0 Å². The normalized spacial score (nSPS) is 11.3. The number of nitrogens with zero attached hydrogens (tertiary/aromatic N) is 3. The van der Waals surface area contributed by atoms with Crippen molar-refractivity contribution in [3.63, 3.8) is 0 Å². The second-order valence-electron chi connectivity index (χ2n) is 6.53. The minimum Gasteiger partial charge on any atom is -0.478 e. The molecule has 5 heteroatoms. The molecule has 5 nitrogen and oxygen atoms in total. The van der Waals surface area contributed by atoms with Gasteiger partial charge in [0.2, 0.25) is 0 Å². The maximum Gasteiger partial charge on any atom is 0.336 e. The highest BCUT2D eigenvalue weighted by Gasteiger charge is 2.14. The number of carbonyl (C=O) groups is 1. The molecule has 0 saturated heterocycles. The number of aryl methyl sites for hydroxylation is 2. The Bertz CT molecular complexity index is 995. The Labute approximate surface area is 159 Å². The van der Waals surface area contributed by atoms with Gasteiger partial charge < -0.3 is 9.67 Å². The average molecular weight is 361 g/mol. The van der Waals surface area contributed by atoms with Gasteiger partial charge in [-0.1, -0.05) is 12.1 Å². The Balaban J connectivity index is 2.07. The summed E-state index contributed by atoms with van der Waals surface area (Å²) in [5.74, 6) is -0.961. The lowest BCUT2D eigenvalue weighted by molar-refractivity contribution is 0.0696. The summed E-state index contributed by atoms with van der Waals surface area (Å²) < 4.78 is 2.18. The van der Waals surface area contributed by atoms with Gasteiger partial charge in [-0.05, 0) is 80.8 Å². The summed E-state index contributed by atoms with van der Waals surface area (Å²) in [6, 6.07) is 15.9. The number of benzene rings is 2. The summed E-state index contributed by atoms with van der Waals surface area (Å²) in [6.45, 7) is 8.36. The van der Waals surface area contributed by atoms with E-state index in [-0.39, 0.29) is 5.56 Å². The van der Waals surface area contributed by atoms with Gasteiger partial charge in [0.05, 0.1) is 17.8 Å². The van der Waals surface area contributed by atoms with E-state index in [0.717, 1.165) is 16.8 Å². The molecule has 0 unspecified atom stereocenters. The SMILES string of the molecule is CC/N=N\c1cc(-c2ccc(-n3c(C)ccc3C)cc2)cc(C(=O)O)c1C. The van der Waals surface area contributed by atoms with Crippen molar-refractivity contribution >= 4 is 11.7 Å². The van der Waals surface area contributed by atoms with E-state index in [1.54, 1.807) is 13.0 Å². The summed E-state index contributed by atoms with van der Waals surface area (Å²) >= 11 is 0. The van der Waals surface area contributed by atoms with Crippen molar-refractivity contribution in [3.8, 4) is 16.8 Å². The van der Waals surface area contributed by atoms with Crippen LogP contribution in [0.3, 0.4) is 0 Å². The lowest BCUT2D eigenvalue weighted by Crippen LogP contribution is -2.01. The molecule has 0 saturated carbocycles. The van der Waals surface area contributed by atoms with Crippen LogP contribution in [0.25, 0.3) is 16.8 Å². The van der Waals surface area contributed by atoms with Crippen molar-refractivity contribution in [3.05, 3.63) is 71.0 Å². The van der Waals surface area contributed by atoms with E-state index >= 15 is 0 Å². The molecule has 2 aromatic carbocycles. The molecule has 0 radical (unpaired) electrons. The van der Waals surface area contributed by atoms with Crippen LogP contribution < -0.4 is 0 Å². The lowest BCUT2D eigenvalue weighted by Gasteiger charge is -2.12. The molecule has 1 aromatic heterocycles. The van der Waals surface area contributed by atoms with Gasteiger partial charge >= 0.3 is 5.97 Å². The number of carboxylic acids is 1. The summed E-state index contributed by atoms with van der Waals surface area (Å²) in [4.78, 5) is 11.6. The Morgan fingerprint density at radius 1 is 0.963 bits per heavy atom. The maximum atomic E-state index is 11.6. The monoisotopic (exact) mass is 361 g/mol. The fourth-order valence-electron chi connectivity index (χ4n) is 3.22. The molecule has 0 bridgehead atoms. The van der Waals surface area contributed by atoms with E-state index in [1.807, 2.05) is 37.3 Å². The van der Waals surface area contributed by atoms with Crippen LogP contribution in [0.4, 0.5) is 5.69 Å². The molecule has 1 N–H and O–H groups in total. The fraction of sp³-hybridized carbons (Fsp3) is 0.227. The molecule has 138 valence electrons. The summed E-state index contributed by atoms with van der Waals surface area (Å²) in [5.41, 5.74) is 6.64. The summed E-state index contributed by atoms with van der Waals surface area (Å²) in [5, 5.41) is 17.8. The molecule has 0 spiro atoms. The van der Waals surface area contributed by atoms with Crippen molar-refractivity contribution in [2.45, 2.75) is 27.7 Å². The van der Waals surface area contributed by atoms with Gasteiger partial charge in [-0.3, -0.25) is 0 Å². The van der Waals surface area contributed by atoms with Crippen molar-refractivity contribution in [2.24, 2.45) is 10.2 Å². The zero-order valence-electron chi connectivity index (χ0n) is 16.0. The smallest absolute Gasteiger partial charge is 0.336 e. The van der Waals surface area contributed by atoms with Gasteiger partial charge in [-0.15, -0.1) is 0 Å². The van der Waals surface area contributed by atoms with Crippen molar-refractivity contribution in [2.75, 3.05) is 6.54 Å². The molecule has 0 aliphatic rings. The molecule has 0 amide bonds. The first kappa shape index (κ1) is 18.6. The Kier molecular flexibility index (Phi) is 5.21. The molecule has 27 heavy (non-hydrogen) atoms. The molecular weight excluding hydrogens is 338 g/mol. The zero-order valence-corrected chi connectivity index (χ0v) is 16.0. The van der Waals surface area contributed by atoms with E-state index in [0.29, 0.717) is 17.8 Å². The van der Waals surface area contributed by atoms with Gasteiger partial charge in [0.15, 0.2) is 0 Å². The van der Waals surface area contributed by atoms with E-state index < -0.39 is 5.97 Å². The number of aromatic nitrogens is 1. The third-order valence-electron chi connectivity index (χ3n) is 4.66. The van der Waals surface area contributed by atoms with Crippen molar-refractivity contribution in [1.82, 2.24) is 4.57 Å². The third-order valence-corrected chi connectivity index (χ3v) is 4.66. The highest BCUT2D eigenvalue weighted by Crippen LogP contribution is 2.31. The second kappa shape index (κ2) is 7.58. The van der Waals surface area contributed by atoms with E-state index in [9.17, 15) is 9.90 Å². The number of aromatic carboxylic acids is 1. The van der Waals surface area contributed by atoms with Crippen molar-refractivity contribution < 1.29 is 9.90 Å². The van der Waals surface area contributed by atoms with Crippen LogP contribution in [0.1, 0.15) is 34.2 Å². The first-order valence-corrected chi connectivity index (χ1v) is 8.93. The number of hydrogen-bond donors (Lipinski definition) is 1. The molecule has 3 rings (SSSR count). The number of azo groups is 1. The largest absolute Gasteiger partial charge is 0.478 e. The van der Waals surface area contributed by atoms with Crippen LogP contribution in [-0.2, 0) is 0 Å². The third kappa shape index (κ3) is 3.67. The molecule has 1 heterocycles. The van der Waals surface area contributed by atoms with Gasteiger partial charge in [-0.25, -0.2) is 4.79 Å². The fourth-order valence-corrected chi connectivity index (χ4v) is 3.22. The Hall–Kier alpha value is -3.21. The van der Waals surface area contributed by atoms with E-state index in [1.165, 1.54) is 11.4 Å². The van der Waals surface area contributed by atoms with E-state index in [4.69, 9.17) is 0 Å². The number of carboxylic acid groups (broad SMARTS) is 1. The Morgan fingerprint density at radius 3 is 2.15 bits per heavy atom. The highest BCUT2D eigenvalue weighted by atomic mass is 16.4. The van der Waals surface area contributed by atoms with Crippen LogP contribution >= 0.6 is 0 Å². The van der Waals surface area contributed by atoms with Gasteiger partial charge in [-0.2, -0.15) is 10.2 Å². The molecule has 0 aliphatic carbocycles. The molecule has 0 aliphatic heterocycles. The molecular formula is C22H23N3O2. The maximum absolute atomic E-state index is 11.6. The first-order chi connectivity index (χ1) is 12.9. The van der Waals surface area contributed by atoms with Crippen LogP contribution in [-0.4, -0.2) is 22.2 Å². The number of rotatable bonds is 5. The zero-order chi connectivity index (χ0) is 19.6. The van der Waals surface area contributed by atoms with Gasteiger partial charge in [0, 0.05) is 17.1 Å². The molecule has 3 aromatic rings. The first-order valence-electron chi connectivity index (χ1n) is 8.93. The highest BCUT2D eigenvalue weighted by molar-refractivity contribution is 5.93. The standard InChI is InChI=1S/C22H23N3O2/c1-5-23-24-21-13-18(12-20(16(21)4)22(26)27)17-8-10-19(11-9-17)25-14(2)6-7-15(25)3/h6-13H,5H2,1-4H3,(H,26,27)/b24-23-. The second-order valence-corrected chi connectivity index (χ2v) is 6.53. The summed E-state index contributed by atoms with van der Waals surface area (Å²) in [6.07, 6.45) is 0. The molecule has 0 fully saturated rings. The molecule has 0 atom stereocenters.